The van der Waals surface area contributed by atoms with Crippen LogP contribution in [-0.2, 0) is 20.5 Å². The zero-order chi connectivity index (χ0) is 26.1. The molecule has 0 atom stereocenters. The number of rotatable bonds is 7. The maximum atomic E-state index is 14.4. The monoisotopic (exact) mass is 508 g/mol. The van der Waals surface area contributed by atoms with Crippen molar-refractivity contribution in [3.8, 4) is 11.5 Å². The van der Waals surface area contributed by atoms with Crippen LogP contribution >= 0.6 is 0 Å². The lowest BCUT2D eigenvalue weighted by Crippen LogP contribution is -2.31. The quantitative estimate of drug-likeness (QED) is 0.438. The van der Waals surface area contributed by atoms with E-state index >= 15 is 0 Å². The number of esters is 1. The van der Waals surface area contributed by atoms with Gasteiger partial charge in [-0.15, -0.1) is 0 Å². The number of carbonyl (C=O) groups excluding carboxylic acids is 2. The van der Waals surface area contributed by atoms with Gasteiger partial charge in [-0.1, -0.05) is 0 Å². The molecule has 0 aromatic heterocycles. The van der Waals surface area contributed by atoms with Crippen LogP contribution in [0.4, 0.5) is 36.4 Å². The molecular weight excluding hydrogens is 493 g/mol. The number of hydrogen-bond acceptors (Lipinski definition) is 6. The molecule has 1 heterocycles. The number of amides is 1. The van der Waals surface area contributed by atoms with Crippen molar-refractivity contribution in [3.05, 3.63) is 64.4 Å². The number of aliphatic hydroxyl groups is 1. The zero-order valence-electron chi connectivity index (χ0n) is 17.6. The molecule has 7 nitrogen and oxygen atoms in total. The van der Waals surface area contributed by atoms with Crippen LogP contribution in [-0.4, -0.2) is 48.7 Å². The zero-order valence-corrected chi connectivity index (χ0v) is 17.6. The second-order valence-electron chi connectivity index (χ2n) is 7.05. The number of alkyl halides is 3. The van der Waals surface area contributed by atoms with Gasteiger partial charge in [-0.2, -0.15) is 13.2 Å². The van der Waals surface area contributed by atoms with E-state index in [4.69, 9.17) is 9.84 Å². The largest absolute Gasteiger partial charge is 0.466 e. The average Bonchev–Trinajstić information content (AvgIpc) is 3.07. The van der Waals surface area contributed by atoms with E-state index in [0.717, 1.165) is 12.0 Å². The third kappa shape index (κ3) is 5.31. The molecule has 2 N–H and O–H groups in total. The van der Waals surface area contributed by atoms with Gasteiger partial charge in [0.05, 0.1) is 37.1 Å². The number of nitrogens with one attached hydrogen (secondary N) is 1. The third-order valence-corrected chi connectivity index (χ3v) is 4.77. The van der Waals surface area contributed by atoms with Gasteiger partial charge in [0.2, 0.25) is 0 Å². The van der Waals surface area contributed by atoms with E-state index in [-0.39, 0.29) is 36.9 Å². The molecule has 0 fully saturated rings. The summed E-state index contributed by atoms with van der Waals surface area (Å²) in [4.78, 5) is 25.6. The van der Waals surface area contributed by atoms with Crippen molar-refractivity contribution in [1.82, 2.24) is 4.90 Å². The van der Waals surface area contributed by atoms with Crippen molar-refractivity contribution in [2.24, 2.45) is 0 Å². The topological polar surface area (TPSA) is 88.1 Å². The number of methoxy groups -OCH3 is 1. The molecule has 188 valence electrons. The summed E-state index contributed by atoms with van der Waals surface area (Å²) in [5, 5.41) is 11.3. The van der Waals surface area contributed by atoms with Gasteiger partial charge in [0.15, 0.2) is 29.0 Å². The molecule has 0 saturated carbocycles. The van der Waals surface area contributed by atoms with Crippen molar-refractivity contribution >= 4 is 17.6 Å². The van der Waals surface area contributed by atoms with Gasteiger partial charge in [-0.3, -0.25) is 4.79 Å². The Kier molecular flexibility index (Phi) is 7.24. The minimum Gasteiger partial charge on any atom is -0.466 e. The van der Waals surface area contributed by atoms with Gasteiger partial charge in [0, 0.05) is 18.7 Å². The van der Waals surface area contributed by atoms with Crippen molar-refractivity contribution in [2.45, 2.75) is 6.18 Å². The Bertz CT molecular complexity index is 1190. The van der Waals surface area contributed by atoms with Gasteiger partial charge in [0.25, 0.3) is 5.91 Å². The molecule has 0 bridgehead atoms. The highest BCUT2D eigenvalue weighted by Crippen LogP contribution is 2.37. The molecule has 1 amide bonds. The first kappa shape index (κ1) is 25.8. The molecule has 2 aromatic carbocycles. The Labute approximate surface area is 192 Å². The predicted octanol–water partition coefficient (Wildman–Crippen LogP) is 3.73. The van der Waals surface area contributed by atoms with E-state index < -0.39 is 76.4 Å². The van der Waals surface area contributed by atoms with E-state index in [2.05, 4.69) is 10.1 Å². The number of carbonyl (C=O) groups is 2. The van der Waals surface area contributed by atoms with E-state index in [9.17, 15) is 40.3 Å². The molecule has 1 aliphatic rings. The van der Waals surface area contributed by atoms with Crippen molar-refractivity contribution < 1.29 is 54.9 Å². The number of nitrogens with zero attached hydrogens (tertiary/aromatic N) is 1. The molecule has 35 heavy (non-hydrogen) atoms. The number of β-amino-alcohol motifs (C(OH)–C–C–N with tert-alkyl or cyclic N) is 1. The lowest BCUT2D eigenvalue weighted by atomic mass is 10.2. The Morgan fingerprint density at radius 2 is 1.69 bits per heavy atom. The minimum absolute atomic E-state index is 0.0700. The van der Waals surface area contributed by atoms with E-state index in [1.165, 1.54) is 0 Å². The highest BCUT2D eigenvalue weighted by atomic mass is 19.4. The highest BCUT2D eigenvalue weighted by Gasteiger charge is 2.35. The minimum atomic E-state index is -5.07. The number of anilines is 1. The lowest BCUT2D eigenvalue weighted by molar-refractivity contribution is -0.138. The summed E-state index contributed by atoms with van der Waals surface area (Å²) in [6, 6.07) is 0.630. The number of hydrogen-bond donors (Lipinski definition) is 2. The smallest absolute Gasteiger partial charge is 0.416 e. The maximum Gasteiger partial charge on any atom is 0.416 e. The van der Waals surface area contributed by atoms with Crippen LogP contribution in [0.15, 0.2) is 35.5 Å². The molecule has 0 saturated heterocycles. The van der Waals surface area contributed by atoms with Crippen LogP contribution in [0.1, 0.15) is 5.56 Å². The van der Waals surface area contributed by atoms with Crippen molar-refractivity contribution in [2.75, 3.05) is 32.1 Å². The van der Waals surface area contributed by atoms with E-state index in [1.54, 1.807) is 0 Å². The Morgan fingerprint density at radius 1 is 1.06 bits per heavy atom. The number of ether oxygens (including phenoxy) is 2. The maximum absolute atomic E-state index is 14.4. The van der Waals surface area contributed by atoms with E-state index in [0.29, 0.717) is 6.07 Å². The number of aliphatic hydroxyl groups excluding tert-OH is 1. The molecule has 0 radical (unpaired) electrons. The van der Waals surface area contributed by atoms with Crippen LogP contribution in [0.2, 0.25) is 0 Å². The summed E-state index contributed by atoms with van der Waals surface area (Å²) < 4.78 is 104. The normalized spacial score (nSPS) is 14.0. The highest BCUT2D eigenvalue weighted by molar-refractivity contribution is 6.08. The Hall–Kier alpha value is -3.81. The van der Waals surface area contributed by atoms with Gasteiger partial charge >= 0.3 is 12.1 Å². The van der Waals surface area contributed by atoms with Gasteiger partial charge < -0.3 is 24.8 Å². The fourth-order valence-electron chi connectivity index (χ4n) is 3.12. The molecule has 1 aliphatic heterocycles. The van der Waals surface area contributed by atoms with E-state index in [1.807, 2.05) is 0 Å². The van der Waals surface area contributed by atoms with Crippen LogP contribution < -0.4 is 10.1 Å². The SMILES string of the molecule is COC(=O)C1=C(Nc2cc(Oc3c(F)cc(C(F)(F)F)cc3F)c(F)cc2F)C(=O)N(CCO)C1. The summed E-state index contributed by atoms with van der Waals surface area (Å²) >= 11 is 0. The first-order valence-electron chi connectivity index (χ1n) is 9.59. The second kappa shape index (κ2) is 9.82. The van der Waals surface area contributed by atoms with Crippen molar-refractivity contribution in [1.29, 1.82) is 0 Å². The first-order valence-corrected chi connectivity index (χ1v) is 9.59. The molecule has 0 spiro atoms. The molecule has 0 aliphatic carbocycles. The molecule has 0 unspecified atom stereocenters. The van der Waals surface area contributed by atoms with Gasteiger partial charge in [-0.05, 0) is 12.1 Å². The van der Waals surface area contributed by atoms with Crippen LogP contribution in [0.5, 0.6) is 11.5 Å². The summed E-state index contributed by atoms with van der Waals surface area (Å²) in [6.45, 7) is -0.944. The predicted molar refractivity (Wildman–Crippen MR) is 104 cm³/mol. The molecule has 3 rings (SSSR count). The first-order chi connectivity index (χ1) is 16.4. The van der Waals surface area contributed by atoms with Crippen LogP contribution in [0, 0.1) is 23.3 Å². The van der Waals surface area contributed by atoms with Gasteiger partial charge in [-0.25, -0.2) is 22.4 Å². The molecule has 2 aromatic rings. The third-order valence-electron chi connectivity index (χ3n) is 4.77. The Balaban J connectivity index is 1.98. The Morgan fingerprint density at radius 3 is 2.23 bits per heavy atom. The van der Waals surface area contributed by atoms with Gasteiger partial charge in [0.1, 0.15) is 11.5 Å². The summed E-state index contributed by atoms with van der Waals surface area (Å²) in [7, 11) is 1.02. The lowest BCUT2D eigenvalue weighted by Gasteiger charge is -2.16. The standard InChI is InChI=1S/C21H15F7N2O5/c1-34-20(33)10-8-30(2-3-31)19(32)17(10)29-15-7-16(12(23)6-11(15)22)35-18-13(24)4-9(5-14(18)25)21(26,27)28/h4-7,29,31H,2-3,8H2,1H3. The summed E-state index contributed by atoms with van der Waals surface area (Å²) in [5.41, 5.74) is -3.06. The number of halogens is 7. The fourth-order valence-corrected chi connectivity index (χ4v) is 3.12. The van der Waals surface area contributed by atoms with Crippen LogP contribution in [0.3, 0.4) is 0 Å². The fraction of sp³-hybridized carbons (Fsp3) is 0.238. The molecular formula is C21H15F7N2O5. The van der Waals surface area contributed by atoms with Crippen LogP contribution in [0.25, 0.3) is 0 Å². The second-order valence-corrected chi connectivity index (χ2v) is 7.05. The summed E-state index contributed by atoms with van der Waals surface area (Å²) in [6.07, 6.45) is -5.07. The van der Waals surface area contributed by atoms with Crippen molar-refractivity contribution in [3.63, 3.8) is 0 Å². The average molecular weight is 508 g/mol. The number of benzene rings is 2. The molecule has 14 heteroatoms. The summed E-state index contributed by atoms with van der Waals surface area (Å²) in [5.74, 6) is -10.6.